The standard InChI is InChI=1S/C19H24N2O4/c1-19(2,3)25-18(23)20-10-9-14-13-7-5-6-8-15(13)21(16(14)11-20)12-17(22)24-4/h5-8H,9-12H2,1-4H3. The van der Waals surface area contributed by atoms with E-state index in [9.17, 15) is 9.59 Å². The van der Waals surface area contributed by atoms with E-state index in [4.69, 9.17) is 9.47 Å². The van der Waals surface area contributed by atoms with Gasteiger partial charge in [-0.3, -0.25) is 4.79 Å². The monoisotopic (exact) mass is 344 g/mol. The molecule has 1 aliphatic heterocycles. The lowest BCUT2D eigenvalue weighted by molar-refractivity contribution is -0.141. The summed E-state index contributed by atoms with van der Waals surface area (Å²) >= 11 is 0. The first kappa shape index (κ1) is 17.3. The molecular weight excluding hydrogens is 320 g/mol. The van der Waals surface area contributed by atoms with Crippen molar-refractivity contribution in [1.82, 2.24) is 9.47 Å². The molecular formula is C19H24N2O4. The predicted molar refractivity (Wildman–Crippen MR) is 94.3 cm³/mol. The Hall–Kier alpha value is -2.50. The largest absolute Gasteiger partial charge is 0.468 e. The molecule has 3 rings (SSSR count). The Balaban J connectivity index is 1.97. The maximum absolute atomic E-state index is 12.4. The van der Waals surface area contributed by atoms with Crippen molar-refractivity contribution >= 4 is 23.0 Å². The third kappa shape index (κ3) is 3.48. The molecule has 6 heteroatoms. The number of ether oxygens (including phenoxy) is 2. The van der Waals surface area contributed by atoms with E-state index in [0.717, 1.165) is 23.0 Å². The number of amides is 1. The number of carbonyl (C=O) groups excluding carboxylic acids is 2. The minimum Gasteiger partial charge on any atom is -0.468 e. The summed E-state index contributed by atoms with van der Waals surface area (Å²) in [6, 6.07) is 8.00. The Labute approximate surface area is 147 Å². The van der Waals surface area contributed by atoms with E-state index in [2.05, 4.69) is 6.07 Å². The van der Waals surface area contributed by atoms with Gasteiger partial charge < -0.3 is 18.9 Å². The average molecular weight is 344 g/mol. The van der Waals surface area contributed by atoms with Gasteiger partial charge in [0.15, 0.2) is 0 Å². The number of fused-ring (bicyclic) bond motifs is 3. The smallest absolute Gasteiger partial charge is 0.410 e. The van der Waals surface area contributed by atoms with Gasteiger partial charge in [0.1, 0.15) is 12.1 Å². The molecule has 25 heavy (non-hydrogen) atoms. The first-order valence-electron chi connectivity index (χ1n) is 8.44. The third-order valence-electron chi connectivity index (χ3n) is 4.33. The second kappa shape index (κ2) is 6.43. The Morgan fingerprint density at radius 1 is 1.20 bits per heavy atom. The minimum atomic E-state index is -0.532. The molecule has 0 aliphatic carbocycles. The van der Waals surface area contributed by atoms with Crippen molar-refractivity contribution in [1.29, 1.82) is 0 Å². The molecule has 134 valence electrons. The molecule has 1 amide bonds. The zero-order valence-electron chi connectivity index (χ0n) is 15.2. The fraction of sp³-hybridized carbons (Fsp3) is 0.474. The van der Waals surface area contributed by atoms with Crippen molar-refractivity contribution in [2.75, 3.05) is 13.7 Å². The topological polar surface area (TPSA) is 60.8 Å². The number of methoxy groups -OCH3 is 1. The Morgan fingerprint density at radius 2 is 1.92 bits per heavy atom. The summed E-state index contributed by atoms with van der Waals surface area (Å²) < 4.78 is 12.3. The van der Waals surface area contributed by atoms with Gasteiger partial charge in [0.05, 0.1) is 13.7 Å². The van der Waals surface area contributed by atoms with Crippen molar-refractivity contribution in [3.05, 3.63) is 35.5 Å². The summed E-state index contributed by atoms with van der Waals surface area (Å²) in [5.41, 5.74) is 2.63. The van der Waals surface area contributed by atoms with Gasteiger partial charge in [-0.25, -0.2) is 4.79 Å². The van der Waals surface area contributed by atoms with Crippen LogP contribution in [0.25, 0.3) is 10.9 Å². The lowest BCUT2D eigenvalue weighted by Crippen LogP contribution is -2.40. The van der Waals surface area contributed by atoms with Gasteiger partial charge in [0.2, 0.25) is 0 Å². The first-order valence-corrected chi connectivity index (χ1v) is 8.44. The highest BCUT2D eigenvalue weighted by Gasteiger charge is 2.29. The minimum absolute atomic E-state index is 0.133. The molecule has 0 bridgehead atoms. The normalized spacial score (nSPS) is 14.3. The van der Waals surface area contributed by atoms with Gasteiger partial charge in [-0.05, 0) is 38.8 Å². The second-order valence-corrected chi connectivity index (χ2v) is 7.26. The van der Waals surface area contributed by atoms with Gasteiger partial charge in [0.25, 0.3) is 0 Å². The van der Waals surface area contributed by atoms with Crippen LogP contribution in [0.1, 0.15) is 32.0 Å². The Kier molecular flexibility index (Phi) is 4.45. The summed E-state index contributed by atoms with van der Waals surface area (Å²) in [6.07, 6.45) is 0.413. The van der Waals surface area contributed by atoms with Crippen LogP contribution in [0.2, 0.25) is 0 Å². The maximum atomic E-state index is 12.4. The number of benzene rings is 1. The second-order valence-electron chi connectivity index (χ2n) is 7.26. The summed E-state index contributed by atoms with van der Waals surface area (Å²) in [4.78, 5) is 26.0. The number of hydrogen-bond donors (Lipinski definition) is 0. The molecule has 2 heterocycles. The van der Waals surface area contributed by atoms with Crippen LogP contribution in [0.4, 0.5) is 4.79 Å². The zero-order valence-corrected chi connectivity index (χ0v) is 15.2. The molecule has 0 saturated carbocycles. The van der Waals surface area contributed by atoms with E-state index in [0.29, 0.717) is 13.1 Å². The number of carbonyl (C=O) groups is 2. The van der Waals surface area contributed by atoms with Crippen LogP contribution in [-0.4, -0.2) is 40.8 Å². The number of hydrogen-bond acceptors (Lipinski definition) is 4. The van der Waals surface area contributed by atoms with Crippen LogP contribution in [0.15, 0.2) is 24.3 Å². The molecule has 0 unspecified atom stereocenters. The van der Waals surface area contributed by atoms with Gasteiger partial charge in [-0.15, -0.1) is 0 Å². The van der Waals surface area contributed by atoms with Crippen LogP contribution in [-0.2, 0) is 33.8 Å². The molecule has 0 fully saturated rings. The van der Waals surface area contributed by atoms with Gasteiger partial charge in [-0.2, -0.15) is 0 Å². The van der Waals surface area contributed by atoms with Gasteiger partial charge >= 0.3 is 12.1 Å². The highest BCUT2D eigenvalue weighted by atomic mass is 16.6. The quantitative estimate of drug-likeness (QED) is 0.786. The van der Waals surface area contributed by atoms with Crippen LogP contribution >= 0.6 is 0 Å². The number of aromatic nitrogens is 1. The van der Waals surface area contributed by atoms with Gasteiger partial charge in [-0.1, -0.05) is 18.2 Å². The SMILES string of the molecule is COC(=O)Cn1c2c(c3ccccc31)CCN(C(=O)OC(C)(C)C)C2. The Morgan fingerprint density at radius 3 is 2.60 bits per heavy atom. The third-order valence-corrected chi connectivity index (χ3v) is 4.33. The lowest BCUT2D eigenvalue weighted by Gasteiger charge is -2.31. The summed E-state index contributed by atoms with van der Waals surface area (Å²) in [5, 5.41) is 1.13. The number of rotatable bonds is 2. The highest BCUT2D eigenvalue weighted by molar-refractivity contribution is 5.87. The number of para-hydroxylation sites is 1. The van der Waals surface area contributed by atoms with E-state index in [1.165, 1.54) is 12.7 Å². The molecule has 0 N–H and O–H groups in total. The fourth-order valence-corrected chi connectivity index (χ4v) is 3.25. The highest BCUT2D eigenvalue weighted by Crippen LogP contribution is 2.31. The summed E-state index contributed by atoms with van der Waals surface area (Å²) in [6.45, 7) is 6.73. The number of nitrogens with zero attached hydrogens (tertiary/aromatic N) is 2. The molecule has 2 aromatic rings. The van der Waals surface area contributed by atoms with E-state index in [1.54, 1.807) is 4.90 Å². The molecule has 1 aromatic carbocycles. The van der Waals surface area contributed by atoms with Crippen LogP contribution in [0, 0.1) is 0 Å². The van der Waals surface area contributed by atoms with E-state index >= 15 is 0 Å². The zero-order chi connectivity index (χ0) is 18.2. The lowest BCUT2D eigenvalue weighted by atomic mass is 10.0. The molecule has 0 radical (unpaired) electrons. The van der Waals surface area contributed by atoms with Crippen molar-refractivity contribution in [3.8, 4) is 0 Å². The molecule has 0 spiro atoms. The van der Waals surface area contributed by atoms with E-state index in [-0.39, 0.29) is 18.6 Å². The van der Waals surface area contributed by atoms with Crippen molar-refractivity contribution in [3.63, 3.8) is 0 Å². The van der Waals surface area contributed by atoms with Crippen LogP contribution in [0.3, 0.4) is 0 Å². The molecule has 0 atom stereocenters. The maximum Gasteiger partial charge on any atom is 0.410 e. The average Bonchev–Trinajstić information content (AvgIpc) is 2.87. The van der Waals surface area contributed by atoms with Crippen molar-refractivity contribution in [2.24, 2.45) is 0 Å². The van der Waals surface area contributed by atoms with E-state index < -0.39 is 5.60 Å². The summed E-state index contributed by atoms with van der Waals surface area (Å²) in [5.74, 6) is -0.307. The van der Waals surface area contributed by atoms with Gasteiger partial charge in [0, 0.05) is 23.1 Å². The predicted octanol–water partition coefficient (Wildman–Crippen LogP) is 3.11. The molecule has 1 aromatic heterocycles. The van der Waals surface area contributed by atoms with Crippen molar-refractivity contribution < 1.29 is 19.1 Å². The van der Waals surface area contributed by atoms with Crippen molar-refractivity contribution in [2.45, 2.75) is 45.9 Å². The molecule has 6 nitrogen and oxygen atoms in total. The van der Waals surface area contributed by atoms with Crippen LogP contribution < -0.4 is 0 Å². The number of esters is 1. The van der Waals surface area contributed by atoms with Crippen LogP contribution in [0.5, 0.6) is 0 Å². The molecule has 0 saturated heterocycles. The molecule has 1 aliphatic rings. The van der Waals surface area contributed by atoms with E-state index in [1.807, 2.05) is 43.5 Å². The Bertz CT molecular complexity index is 817. The fourth-order valence-electron chi connectivity index (χ4n) is 3.25. The summed E-state index contributed by atoms with van der Waals surface area (Å²) in [7, 11) is 1.38. The first-order chi connectivity index (χ1) is 11.8.